The number of alkyl halides is 5. The molecule has 0 aliphatic rings. The Labute approximate surface area is 103 Å². The fourth-order valence-electron chi connectivity index (χ4n) is 1.26. The lowest BCUT2D eigenvalue weighted by Crippen LogP contribution is -2.15. The third-order valence-electron chi connectivity index (χ3n) is 2.01. The molecule has 0 aromatic carbocycles. The SMILES string of the molecule is CCOC(=O)c1nc(C(F)F)c(C(F)(F)F)cc1O. The third-order valence-corrected chi connectivity index (χ3v) is 2.01. The van der Waals surface area contributed by atoms with E-state index < -0.39 is 41.3 Å². The quantitative estimate of drug-likeness (QED) is 0.685. The number of pyridine rings is 1. The van der Waals surface area contributed by atoms with Gasteiger partial charge in [0.15, 0.2) is 5.69 Å². The summed E-state index contributed by atoms with van der Waals surface area (Å²) in [7, 11) is 0. The van der Waals surface area contributed by atoms with Crippen molar-refractivity contribution in [1.29, 1.82) is 0 Å². The van der Waals surface area contributed by atoms with Gasteiger partial charge in [-0.2, -0.15) is 13.2 Å². The van der Waals surface area contributed by atoms with Crippen LogP contribution < -0.4 is 0 Å². The van der Waals surface area contributed by atoms with E-state index in [-0.39, 0.29) is 12.7 Å². The maximum Gasteiger partial charge on any atom is 0.418 e. The van der Waals surface area contributed by atoms with Crippen LogP contribution in [0.1, 0.15) is 35.1 Å². The zero-order valence-corrected chi connectivity index (χ0v) is 9.46. The molecule has 4 nitrogen and oxygen atoms in total. The maximum atomic E-state index is 12.5. The van der Waals surface area contributed by atoms with Gasteiger partial charge in [0, 0.05) is 0 Å². The summed E-state index contributed by atoms with van der Waals surface area (Å²) in [4.78, 5) is 14.1. The molecule has 0 bridgehead atoms. The van der Waals surface area contributed by atoms with Crippen molar-refractivity contribution in [2.45, 2.75) is 19.5 Å². The Balaban J connectivity index is 3.41. The highest BCUT2D eigenvalue weighted by Crippen LogP contribution is 2.38. The molecule has 0 atom stereocenters. The van der Waals surface area contributed by atoms with Crippen LogP contribution in [0.5, 0.6) is 5.75 Å². The zero-order valence-electron chi connectivity index (χ0n) is 9.46. The molecule has 0 spiro atoms. The van der Waals surface area contributed by atoms with Crippen molar-refractivity contribution in [2.75, 3.05) is 6.61 Å². The van der Waals surface area contributed by atoms with Crippen molar-refractivity contribution in [2.24, 2.45) is 0 Å². The van der Waals surface area contributed by atoms with Gasteiger partial charge < -0.3 is 9.84 Å². The number of aromatic hydroxyl groups is 1. The molecule has 0 aliphatic carbocycles. The van der Waals surface area contributed by atoms with Crippen molar-refractivity contribution in [3.05, 3.63) is 23.0 Å². The van der Waals surface area contributed by atoms with Crippen molar-refractivity contribution in [1.82, 2.24) is 4.98 Å². The van der Waals surface area contributed by atoms with Crippen molar-refractivity contribution in [3.63, 3.8) is 0 Å². The molecule has 1 heterocycles. The Morgan fingerprint density at radius 3 is 2.47 bits per heavy atom. The van der Waals surface area contributed by atoms with E-state index in [1.807, 2.05) is 0 Å². The Hall–Kier alpha value is -1.93. The van der Waals surface area contributed by atoms with E-state index in [9.17, 15) is 31.9 Å². The van der Waals surface area contributed by atoms with Crippen LogP contribution in [0.2, 0.25) is 0 Å². The lowest BCUT2D eigenvalue weighted by atomic mass is 10.1. The summed E-state index contributed by atoms with van der Waals surface area (Å²) in [5, 5.41) is 9.25. The second kappa shape index (κ2) is 5.37. The van der Waals surface area contributed by atoms with E-state index >= 15 is 0 Å². The number of carbonyl (C=O) groups is 1. The van der Waals surface area contributed by atoms with Crippen LogP contribution in [0, 0.1) is 0 Å². The van der Waals surface area contributed by atoms with Crippen molar-refractivity contribution >= 4 is 5.97 Å². The number of aromatic nitrogens is 1. The van der Waals surface area contributed by atoms with Gasteiger partial charge in [-0.05, 0) is 13.0 Å². The monoisotopic (exact) mass is 285 g/mol. The summed E-state index contributed by atoms with van der Waals surface area (Å²) in [6, 6.07) is 0.0285. The first-order chi connectivity index (χ1) is 8.68. The van der Waals surface area contributed by atoms with E-state index in [1.165, 1.54) is 6.92 Å². The summed E-state index contributed by atoms with van der Waals surface area (Å²) in [5.41, 5.74) is -4.41. The lowest BCUT2D eigenvalue weighted by molar-refractivity contribution is -0.140. The number of halogens is 5. The number of ether oxygens (including phenoxy) is 1. The molecule has 0 saturated carbocycles. The van der Waals surface area contributed by atoms with Crippen LogP contribution in [0.15, 0.2) is 6.07 Å². The predicted molar refractivity (Wildman–Crippen MR) is 51.8 cm³/mol. The van der Waals surface area contributed by atoms with Gasteiger partial charge in [-0.25, -0.2) is 18.6 Å². The normalized spacial score (nSPS) is 11.7. The molecule has 0 saturated heterocycles. The Morgan fingerprint density at radius 1 is 1.47 bits per heavy atom. The molecule has 0 fully saturated rings. The molecule has 0 amide bonds. The first kappa shape index (κ1) is 15.1. The van der Waals surface area contributed by atoms with Crippen LogP contribution in [0.4, 0.5) is 22.0 Å². The van der Waals surface area contributed by atoms with E-state index in [0.717, 1.165) is 0 Å². The molecule has 19 heavy (non-hydrogen) atoms. The van der Waals surface area contributed by atoms with Crippen molar-refractivity contribution < 1.29 is 36.6 Å². The van der Waals surface area contributed by atoms with E-state index in [2.05, 4.69) is 9.72 Å². The third kappa shape index (κ3) is 3.30. The fourth-order valence-corrected chi connectivity index (χ4v) is 1.26. The standard InChI is InChI=1S/C10H8F5NO3/c1-2-19-9(18)7-5(17)3-4(10(13,14)15)6(16-7)8(11)12/h3,8,17H,2H2,1H3. The minimum Gasteiger partial charge on any atom is -0.505 e. The van der Waals surface area contributed by atoms with Crippen LogP contribution in [-0.4, -0.2) is 22.7 Å². The number of rotatable bonds is 3. The molecule has 1 aromatic heterocycles. The first-order valence-corrected chi connectivity index (χ1v) is 4.94. The largest absolute Gasteiger partial charge is 0.505 e. The summed E-state index contributed by atoms with van der Waals surface area (Å²) < 4.78 is 66.8. The van der Waals surface area contributed by atoms with Gasteiger partial charge in [-0.1, -0.05) is 0 Å². The number of carbonyl (C=O) groups excluding carboxylic acids is 1. The Bertz CT molecular complexity index is 487. The Kier molecular flexibility index (Phi) is 4.28. The average Bonchev–Trinajstić information content (AvgIpc) is 2.27. The van der Waals surface area contributed by atoms with Crippen LogP contribution in [0.3, 0.4) is 0 Å². The number of hydrogen-bond donors (Lipinski definition) is 1. The summed E-state index contributed by atoms with van der Waals surface area (Å²) in [6.07, 6.45) is -8.67. The van der Waals surface area contributed by atoms with Gasteiger partial charge in [0.05, 0.1) is 12.2 Å². The Morgan fingerprint density at radius 2 is 2.05 bits per heavy atom. The number of nitrogens with zero attached hydrogens (tertiary/aromatic N) is 1. The number of esters is 1. The molecule has 1 aromatic rings. The first-order valence-electron chi connectivity index (χ1n) is 4.94. The molecule has 1 rings (SSSR count). The lowest BCUT2D eigenvalue weighted by Gasteiger charge is -2.13. The smallest absolute Gasteiger partial charge is 0.418 e. The van der Waals surface area contributed by atoms with Gasteiger partial charge in [0.1, 0.15) is 11.4 Å². The second-order valence-corrected chi connectivity index (χ2v) is 3.31. The van der Waals surface area contributed by atoms with Gasteiger partial charge in [0.25, 0.3) is 6.43 Å². The molecule has 0 unspecified atom stereocenters. The van der Waals surface area contributed by atoms with Crippen molar-refractivity contribution in [3.8, 4) is 5.75 Å². The zero-order chi connectivity index (χ0) is 14.8. The topological polar surface area (TPSA) is 59.4 Å². The second-order valence-electron chi connectivity index (χ2n) is 3.31. The van der Waals surface area contributed by atoms with E-state index in [1.54, 1.807) is 0 Å². The highest BCUT2D eigenvalue weighted by atomic mass is 19.4. The van der Waals surface area contributed by atoms with Gasteiger partial charge in [0.2, 0.25) is 0 Å². The fraction of sp³-hybridized carbons (Fsp3) is 0.400. The molecule has 106 valence electrons. The van der Waals surface area contributed by atoms with Crippen LogP contribution in [0.25, 0.3) is 0 Å². The van der Waals surface area contributed by atoms with Crippen LogP contribution >= 0.6 is 0 Å². The predicted octanol–water partition coefficient (Wildman–Crippen LogP) is 2.92. The summed E-state index contributed by atoms with van der Waals surface area (Å²) in [5.74, 6) is -2.45. The van der Waals surface area contributed by atoms with E-state index in [0.29, 0.717) is 0 Å². The van der Waals surface area contributed by atoms with Gasteiger partial charge >= 0.3 is 12.1 Å². The molecule has 1 N–H and O–H groups in total. The van der Waals surface area contributed by atoms with E-state index in [4.69, 9.17) is 0 Å². The highest BCUT2D eigenvalue weighted by Gasteiger charge is 2.38. The number of hydrogen-bond acceptors (Lipinski definition) is 4. The molecule has 0 aliphatic heterocycles. The van der Waals surface area contributed by atoms with Gasteiger partial charge in [-0.15, -0.1) is 0 Å². The molecule has 9 heteroatoms. The summed E-state index contributed by atoms with van der Waals surface area (Å²) >= 11 is 0. The minimum absolute atomic E-state index is 0.0285. The highest BCUT2D eigenvalue weighted by molar-refractivity contribution is 5.90. The average molecular weight is 285 g/mol. The minimum atomic E-state index is -5.12. The molecule has 0 radical (unpaired) electrons. The van der Waals surface area contributed by atoms with Crippen LogP contribution in [-0.2, 0) is 10.9 Å². The van der Waals surface area contributed by atoms with Gasteiger partial charge in [-0.3, -0.25) is 0 Å². The maximum absolute atomic E-state index is 12.5. The molecular weight excluding hydrogens is 277 g/mol. The molecular formula is C10H8F5NO3. The summed E-state index contributed by atoms with van der Waals surface area (Å²) in [6.45, 7) is 1.25.